The number of fused-ring (bicyclic) bond motifs is 5. The molecule has 0 N–H and O–H groups in total. The second-order valence-electron chi connectivity index (χ2n) is 14.1. The number of ether oxygens (including phenoxy) is 1. The van der Waals surface area contributed by atoms with Gasteiger partial charge in [-0.15, -0.1) is 0 Å². The molecule has 0 aromatic rings. The highest BCUT2D eigenvalue weighted by molar-refractivity contribution is 5.09. The molecule has 1 heteroatoms. The molecule has 1 nitrogen and oxygen atoms in total. The summed E-state index contributed by atoms with van der Waals surface area (Å²) >= 11 is 0. The zero-order valence-electron chi connectivity index (χ0n) is 23.5. The average molecular weight is 459 g/mol. The minimum atomic E-state index is 0.558. The number of rotatable bonds is 9. The van der Waals surface area contributed by atoms with Crippen molar-refractivity contribution in [2.75, 3.05) is 6.61 Å². The number of hydrogen-bond acceptors (Lipinski definition) is 1. The Kier molecular flexibility index (Phi) is 8.30. The molecule has 0 amide bonds. The highest BCUT2D eigenvalue weighted by atomic mass is 16.5. The van der Waals surface area contributed by atoms with Gasteiger partial charge in [0.1, 0.15) is 0 Å². The van der Waals surface area contributed by atoms with Crippen molar-refractivity contribution in [2.24, 2.45) is 58.2 Å². The second kappa shape index (κ2) is 10.5. The Morgan fingerprint density at radius 2 is 1.55 bits per heavy atom. The van der Waals surface area contributed by atoms with E-state index in [2.05, 4.69) is 48.5 Å². The van der Waals surface area contributed by atoms with Gasteiger partial charge in [-0.25, -0.2) is 0 Å². The fourth-order valence-electron chi connectivity index (χ4n) is 10.3. The molecule has 0 aromatic carbocycles. The zero-order chi connectivity index (χ0) is 23.8. The van der Waals surface area contributed by atoms with Crippen molar-refractivity contribution in [3.8, 4) is 0 Å². The molecule has 4 fully saturated rings. The smallest absolute Gasteiger partial charge is 0.0578 e. The first-order valence-corrected chi connectivity index (χ1v) is 15.4. The first kappa shape index (κ1) is 26.0. The summed E-state index contributed by atoms with van der Waals surface area (Å²) < 4.78 is 6.25. The van der Waals surface area contributed by atoms with Crippen LogP contribution >= 0.6 is 0 Å². The Hall–Kier alpha value is -0.0400. The Morgan fingerprint density at radius 3 is 2.24 bits per heavy atom. The fourth-order valence-corrected chi connectivity index (χ4v) is 10.3. The predicted molar refractivity (Wildman–Crippen MR) is 142 cm³/mol. The van der Waals surface area contributed by atoms with Crippen LogP contribution in [0.3, 0.4) is 0 Å². The summed E-state index contributed by atoms with van der Waals surface area (Å²) in [4.78, 5) is 0. The maximum atomic E-state index is 6.25. The van der Waals surface area contributed by atoms with E-state index in [0.717, 1.165) is 54.0 Å². The summed E-state index contributed by atoms with van der Waals surface area (Å²) in [6.45, 7) is 18.6. The molecule has 10 atom stereocenters. The van der Waals surface area contributed by atoms with Crippen LogP contribution < -0.4 is 0 Å². The van der Waals surface area contributed by atoms with Gasteiger partial charge in [0.05, 0.1) is 6.10 Å². The van der Waals surface area contributed by atoms with E-state index in [9.17, 15) is 0 Å². The van der Waals surface area contributed by atoms with Crippen molar-refractivity contribution in [2.45, 2.75) is 138 Å². The van der Waals surface area contributed by atoms with Crippen LogP contribution in [0.15, 0.2) is 0 Å². The third-order valence-corrected chi connectivity index (χ3v) is 12.4. The molecule has 0 aromatic heterocycles. The summed E-state index contributed by atoms with van der Waals surface area (Å²) in [5.41, 5.74) is 1.23. The molecule has 0 bridgehead atoms. The Morgan fingerprint density at radius 1 is 0.818 bits per heavy atom. The second-order valence-corrected chi connectivity index (χ2v) is 14.1. The van der Waals surface area contributed by atoms with Crippen LogP contribution in [0.25, 0.3) is 0 Å². The van der Waals surface area contributed by atoms with Crippen molar-refractivity contribution in [3.63, 3.8) is 0 Å². The minimum Gasteiger partial charge on any atom is -0.378 e. The summed E-state index contributed by atoms with van der Waals surface area (Å²) in [5, 5.41) is 0. The molecule has 4 aliphatic carbocycles. The fraction of sp³-hybridized carbons (Fsp3) is 1.00. The summed E-state index contributed by atoms with van der Waals surface area (Å²) in [5.74, 6) is 7.65. The molecule has 192 valence electrons. The third-order valence-electron chi connectivity index (χ3n) is 12.4. The molecule has 4 aliphatic rings. The van der Waals surface area contributed by atoms with Crippen LogP contribution in [0.4, 0.5) is 0 Å². The van der Waals surface area contributed by atoms with Gasteiger partial charge in [-0.2, -0.15) is 0 Å². The lowest BCUT2D eigenvalue weighted by molar-refractivity contribution is -0.136. The van der Waals surface area contributed by atoms with E-state index in [4.69, 9.17) is 4.74 Å². The van der Waals surface area contributed by atoms with Crippen molar-refractivity contribution in [1.29, 1.82) is 0 Å². The van der Waals surface area contributed by atoms with Crippen LogP contribution in [0.2, 0.25) is 0 Å². The summed E-state index contributed by atoms with van der Waals surface area (Å²) in [6, 6.07) is 0. The lowest BCUT2D eigenvalue weighted by Gasteiger charge is -2.61. The van der Waals surface area contributed by atoms with Gasteiger partial charge in [-0.05, 0) is 129 Å². The molecule has 0 radical (unpaired) electrons. The lowest BCUT2D eigenvalue weighted by atomic mass is 9.44. The molecule has 4 saturated carbocycles. The van der Waals surface area contributed by atoms with E-state index in [0.29, 0.717) is 16.9 Å². The van der Waals surface area contributed by atoms with E-state index in [-0.39, 0.29) is 0 Å². The maximum absolute atomic E-state index is 6.25. The molecule has 0 spiro atoms. The van der Waals surface area contributed by atoms with Gasteiger partial charge in [-0.3, -0.25) is 0 Å². The van der Waals surface area contributed by atoms with E-state index in [1.54, 1.807) is 0 Å². The van der Waals surface area contributed by atoms with Gasteiger partial charge in [0.15, 0.2) is 0 Å². The van der Waals surface area contributed by atoms with Crippen LogP contribution in [0.5, 0.6) is 0 Å². The SMILES string of the molecule is CCCOC1CC[C@@]2(C)C(CC[C@H]3[C@@H]4CC[C@H]([C@H](C)CC[C@@H](CC)C(C)C)[C@@]4(C)CC[C@@H]32)C1. The maximum Gasteiger partial charge on any atom is 0.0578 e. The third kappa shape index (κ3) is 4.84. The van der Waals surface area contributed by atoms with Gasteiger partial charge >= 0.3 is 0 Å². The molecule has 0 heterocycles. The molecular weight excluding hydrogens is 400 g/mol. The number of hydrogen-bond donors (Lipinski definition) is 0. The Balaban J connectivity index is 1.41. The molecular formula is C32H58O. The topological polar surface area (TPSA) is 9.23 Å². The van der Waals surface area contributed by atoms with Crippen LogP contribution in [0, 0.1) is 58.2 Å². The monoisotopic (exact) mass is 458 g/mol. The first-order chi connectivity index (χ1) is 15.7. The van der Waals surface area contributed by atoms with Crippen molar-refractivity contribution in [1.82, 2.24) is 0 Å². The minimum absolute atomic E-state index is 0.558. The highest BCUT2D eigenvalue weighted by Crippen LogP contribution is 2.68. The standard InChI is InChI=1S/C32H58O/c1-8-20-33-26-16-18-31(6)25(21-26)12-13-27-29-15-14-28(32(29,7)19-17-30(27)31)23(5)10-11-24(9-2)22(3)4/h22-30H,8-21H2,1-7H3/t23-,24-,25?,26?,27+,28-,29+,30+,31+,32-/m1/s1. The van der Waals surface area contributed by atoms with E-state index in [1.807, 2.05) is 0 Å². The average Bonchev–Trinajstić information content (AvgIpc) is 3.15. The van der Waals surface area contributed by atoms with Crippen LogP contribution in [-0.4, -0.2) is 12.7 Å². The lowest BCUT2D eigenvalue weighted by Crippen LogP contribution is -2.54. The van der Waals surface area contributed by atoms with Crippen molar-refractivity contribution >= 4 is 0 Å². The molecule has 0 aliphatic heterocycles. The van der Waals surface area contributed by atoms with E-state index < -0.39 is 0 Å². The van der Waals surface area contributed by atoms with Gasteiger partial charge in [-0.1, -0.05) is 61.3 Å². The van der Waals surface area contributed by atoms with Gasteiger partial charge < -0.3 is 4.74 Å². The first-order valence-electron chi connectivity index (χ1n) is 15.4. The Bertz CT molecular complexity index is 626. The van der Waals surface area contributed by atoms with Crippen molar-refractivity contribution < 1.29 is 4.74 Å². The summed E-state index contributed by atoms with van der Waals surface area (Å²) in [6.07, 6.45) is 19.3. The van der Waals surface area contributed by atoms with Gasteiger partial charge in [0.25, 0.3) is 0 Å². The molecule has 2 unspecified atom stereocenters. The Labute approximate surface area is 207 Å². The van der Waals surface area contributed by atoms with E-state index >= 15 is 0 Å². The zero-order valence-corrected chi connectivity index (χ0v) is 23.5. The highest BCUT2D eigenvalue weighted by Gasteiger charge is 2.60. The van der Waals surface area contributed by atoms with Gasteiger partial charge in [0, 0.05) is 6.61 Å². The largest absolute Gasteiger partial charge is 0.378 e. The van der Waals surface area contributed by atoms with E-state index in [1.165, 1.54) is 83.5 Å². The van der Waals surface area contributed by atoms with Crippen molar-refractivity contribution in [3.05, 3.63) is 0 Å². The molecule has 33 heavy (non-hydrogen) atoms. The molecule has 0 saturated heterocycles. The predicted octanol–water partition coefficient (Wildman–Crippen LogP) is 9.54. The van der Waals surface area contributed by atoms with Crippen LogP contribution in [-0.2, 0) is 4.74 Å². The summed E-state index contributed by atoms with van der Waals surface area (Å²) in [7, 11) is 0. The van der Waals surface area contributed by atoms with Crippen LogP contribution in [0.1, 0.15) is 132 Å². The van der Waals surface area contributed by atoms with Gasteiger partial charge in [0.2, 0.25) is 0 Å². The normalized spacial score (nSPS) is 44.7. The quantitative estimate of drug-likeness (QED) is 0.334. The molecule has 4 rings (SSSR count).